The largest absolute Gasteiger partial charge is 0.334 e. The van der Waals surface area contributed by atoms with Gasteiger partial charge in [0.2, 0.25) is 0 Å². The van der Waals surface area contributed by atoms with Crippen LogP contribution < -0.4 is 0 Å². The van der Waals surface area contributed by atoms with E-state index in [2.05, 4.69) is 4.98 Å². The third-order valence-corrected chi connectivity index (χ3v) is 5.09. The molecular formula is C12H15ClN2O3S. The lowest BCUT2D eigenvalue weighted by Crippen LogP contribution is -2.49. The van der Waals surface area contributed by atoms with Crippen LogP contribution >= 0.6 is 11.6 Å². The van der Waals surface area contributed by atoms with Crippen LogP contribution in [0.1, 0.15) is 23.0 Å². The quantitative estimate of drug-likeness (QED) is 0.733. The highest BCUT2D eigenvalue weighted by Crippen LogP contribution is 2.17. The van der Waals surface area contributed by atoms with Gasteiger partial charge in [-0.1, -0.05) is 11.6 Å². The highest BCUT2D eigenvalue weighted by molar-refractivity contribution is 7.91. The Bertz CT molecular complexity index is 595. The lowest BCUT2D eigenvalue weighted by Gasteiger charge is -2.33. The molecule has 7 heteroatoms. The van der Waals surface area contributed by atoms with Crippen molar-refractivity contribution < 1.29 is 13.2 Å². The van der Waals surface area contributed by atoms with Crippen molar-refractivity contribution in [1.29, 1.82) is 0 Å². The number of sulfone groups is 1. The molecule has 19 heavy (non-hydrogen) atoms. The minimum atomic E-state index is -3.03. The van der Waals surface area contributed by atoms with E-state index in [9.17, 15) is 13.2 Å². The van der Waals surface area contributed by atoms with Crippen molar-refractivity contribution in [3.05, 3.63) is 28.5 Å². The highest BCUT2D eigenvalue weighted by Gasteiger charge is 2.31. The van der Waals surface area contributed by atoms with Crippen molar-refractivity contribution in [2.24, 2.45) is 0 Å². The van der Waals surface area contributed by atoms with Crippen LogP contribution in [0.3, 0.4) is 0 Å². The zero-order chi connectivity index (χ0) is 14.2. The van der Waals surface area contributed by atoms with Gasteiger partial charge in [-0.15, -0.1) is 0 Å². The summed E-state index contributed by atoms with van der Waals surface area (Å²) in [5.41, 5.74) is 1.11. The van der Waals surface area contributed by atoms with Gasteiger partial charge in [0.15, 0.2) is 9.84 Å². The number of hydrogen-bond donors (Lipinski definition) is 0. The van der Waals surface area contributed by atoms with E-state index in [1.807, 2.05) is 0 Å². The predicted octanol–water partition coefficient (Wildman–Crippen LogP) is 1.30. The number of nitrogens with zero attached hydrogens (tertiary/aromatic N) is 2. The Balaban J connectivity index is 2.25. The fraction of sp³-hybridized carbons (Fsp3) is 0.500. The maximum atomic E-state index is 12.4. The van der Waals surface area contributed by atoms with Gasteiger partial charge in [0.25, 0.3) is 5.91 Å². The lowest BCUT2D eigenvalue weighted by atomic mass is 10.2. The number of carbonyl (C=O) groups excluding carboxylic acids is 1. The Hall–Kier alpha value is -1.14. The third kappa shape index (κ3) is 3.25. The second-order valence-electron chi connectivity index (χ2n) is 4.78. The SMILES string of the molecule is Cc1cc(C(=O)N2CCS(=O)(=O)CC2C)cc(Cl)n1. The van der Waals surface area contributed by atoms with Crippen LogP contribution in [-0.4, -0.2) is 48.3 Å². The van der Waals surface area contributed by atoms with E-state index in [4.69, 9.17) is 11.6 Å². The Morgan fingerprint density at radius 3 is 2.74 bits per heavy atom. The molecule has 2 heterocycles. The molecule has 1 unspecified atom stereocenters. The molecule has 0 spiro atoms. The summed E-state index contributed by atoms with van der Waals surface area (Å²) in [5, 5.41) is 0.264. The Kier molecular flexibility index (Phi) is 3.82. The fourth-order valence-electron chi connectivity index (χ4n) is 2.22. The smallest absolute Gasteiger partial charge is 0.254 e. The Morgan fingerprint density at radius 2 is 2.16 bits per heavy atom. The van der Waals surface area contributed by atoms with Gasteiger partial charge in [-0.25, -0.2) is 13.4 Å². The average molecular weight is 303 g/mol. The second kappa shape index (κ2) is 5.09. The second-order valence-corrected chi connectivity index (χ2v) is 7.40. The third-order valence-electron chi connectivity index (χ3n) is 3.10. The van der Waals surface area contributed by atoms with Crippen LogP contribution in [0.4, 0.5) is 0 Å². The molecule has 104 valence electrons. The zero-order valence-electron chi connectivity index (χ0n) is 10.8. The maximum Gasteiger partial charge on any atom is 0.254 e. The van der Waals surface area contributed by atoms with Crippen molar-refractivity contribution in [3.8, 4) is 0 Å². The monoisotopic (exact) mass is 302 g/mol. The van der Waals surface area contributed by atoms with Gasteiger partial charge >= 0.3 is 0 Å². The van der Waals surface area contributed by atoms with E-state index < -0.39 is 9.84 Å². The molecule has 0 saturated carbocycles. The number of pyridine rings is 1. The average Bonchev–Trinajstić information content (AvgIpc) is 2.25. The molecule has 1 saturated heterocycles. The number of hydrogen-bond acceptors (Lipinski definition) is 4. The molecule has 1 aliphatic rings. The first-order valence-corrected chi connectivity index (χ1v) is 8.14. The summed E-state index contributed by atoms with van der Waals surface area (Å²) in [6.07, 6.45) is 0. The lowest BCUT2D eigenvalue weighted by molar-refractivity contribution is 0.0712. The van der Waals surface area contributed by atoms with Crippen LogP contribution in [0.25, 0.3) is 0 Å². The molecule has 5 nitrogen and oxygen atoms in total. The standard InChI is InChI=1S/C12H15ClN2O3S/c1-8-5-10(6-11(13)14-8)12(16)15-3-4-19(17,18)7-9(15)2/h5-6,9H,3-4,7H2,1-2H3. The molecule has 1 aliphatic heterocycles. The molecule has 1 fully saturated rings. The van der Waals surface area contributed by atoms with Gasteiger partial charge in [-0.05, 0) is 26.0 Å². The summed E-state index contributed by atoms with van der Waals surface area (Å²) in [6, 6.07) is 2.84. The van der Waals surface area contributed by atoms with Crippen molar-refractivity contribution in [2.75, 3.05) is 18.1 Å². The zero-order valence-corrected chi connectivity index (χ0v) is 12.3. The fourth-order valence-corrected chi connectivity index (χ4v) is 4.03. The summed E-state index contributed by atoms with van der Waals surface area (Å²) in [4.78, 5) is 17.9. The summed E-state index contributed by atoms with van der Waals surface area (Å²) in [7, 11) is -3.03. The molecule has 1 atom stereocenters. The summed E-state index contributed by atoms with van der Waals surface area (Å²) < 4.78 is 23.0. The van der Waals surface area contributed by atoms with Crippen LogP contribution in [0.15, 0.2) is 12.1 Å². The topological polar surface area (TPSA) is 67.3 Å². The molecule has 1 amide bonds. The first-order chi connectivity index (χ1) is 8.78. The van der Waals surface area contributed by atoms with Crippen molar-refractivity contribution in [2.45, 2.75) is 19.9 Å². The van der Waals surface area contributed by atoms with E-state index >= 15 is 0 Å². The summed E-state index contributed by atoms with van der Waals surface area (Å²) in [6.45, 7) is 3.72. The maximum absolute atomic E-state index is 12.4. The molecule has 0 N–H and O–H groups in total. The Labute approximate surface area is 117 Å². The molecule has 0 aliphatic carbocycles. The molecular weight excluding hydrogens is 288 g/mol. The van der Waals surface area contributed by atoms with Crippen LogP contribution in [0.5, 0.6) is 0 Å². The molecule has 0 aromatic carbocycles. The number of aryl methyl sites for hydroxylation is 1. The summed E-state index contributed by atoms with van der Waals surface area (Å²) >= 11 is 5.84. The number of rotatable bonds is 1. The van der Waals surface area contributed by atoms with E-state index in [0.717, 1.165) is 0 Å². The van der Waals surface area contributed by atoms with Gasteiger partial charge < -0.3 is 4.90 Å². The van der Waals surface area contributed by atoms with Crippen molar-refractivity contribution in [1.82, 2.24) is 9.88 Å². The van der Waals surface area contributed by atoms with Crippen LogP contribution in [-0.2, 0) is 9.84 Å². The van der Waals surface area contributed by atoms with Crippen LogP contribution in [0, 0.1) is 6.92 Å². The van der Waals surface area contributed by atoms with Gasteiger partial charge in [0.05, 0.1) is 11.5 Å². The van der Waals surface area contributed by atoms with Crippen molar-refractivity contribution >= 4 is 27.3 Å². The number of aromatic nitrogens is 1. The first-order valence-electron chi connectivity index (χ1n) is 5.94. The van der Waals surface area contributed by atoms with Gasteiger partial charge in [0.1, 0.15) is 5.15 Å². The van der Waals surface area contributed by atoms with Gasteiger partial charge in [-0.2, -0.15) is 0 Å². The van der Waals surface area contributed by atoms with Gasteiger partial charge in [-0.3, -0.25) is 4.79 Å². The minimum absolute atomic E-state index is 0.0105. The number of halogens is 1. The molecule has 1 aromatic rings. The van der Waals surface area contributed by atoms with Crippen molar-refractivity contribution in [3.63, 3.8) is 0 Å². The number of amides is 1. The van der Waals surface area contributed by atoms with E-state index in [0.29, 0.717) is 11.3 Å². The highest BCUT2D eigenvalue weighted by atomic mass is 35.5. The van der Waals surface area contributed by atoms with Crippen LogP contribution in [0.2, 0.25) is 5.15 Å². The predicted molar refractivity (Wildman–Crippen MR) is 73.1 cm³/mol. The normalized spacial score (nSPS) is 22.3. The van der Waals surface area contributed by atoms with E-state index in [1.165, 1.54) is 6.07 Å². The molecule has 1 aromatic heterocycles. The molecule has 2 rings (SSSR count). The van der Waals surface area contributed by atoms with Gasteiger partial charge in [0, 0.05) is 23.8 Å². The Morgan fingerprint density at radius 1 is 1.47 bits per heavy atom. The summed E-state index contributed by atoms with van der Waals surface area (Å²) in [5.74, 6) is -0.174. The minimum Gasteiger partial charge on any atom is -0.334 e. The van der Waals surface area contributed by atoms with E-state index in [-0.39, 0.29) is 35.2 Å². The molecule has 0 radical (unpaired) electrons. The molecule has 0 bridgehead atoms. The van der Waals surface area contributed by atoms with E-state index in [1.54, 1.807) is 24.8 Å². The first kappa shape index (κ1) is 14.3. The number of carbonyl (C=O) groups is 1.